The quantitative estimate of drug-likeness (QED) is 0.788. The molecule has 0 unspecified atom stereocenters. The number of nitrogens with zero attached hydrogens (tertiary/aromatic N) is 1. The van der Waals surface area contributed by atoms with Gasteiger partial charge in [-0.1, -0.05) is 18.6 Å². The molecule has 26 heavy (non-hydrogen) atoms. The molecule has 2 aromatic rings. The number of sulfonamides is 1. The van der Waals surface area contributed by atoms with E-state index in [0.29, 0.717) is 24.3 Å². The first-order valence-electron chi connectivity index (χ1n) is 8.60. The van der Waals surface area contributed by atoms with Crippen molar-refractivity contribution in [2.75, 3.05) is 18.4 Å². The minimum absolute atomic E-state index is 0.263. The molecule has 5 nitrogen and oxygen atoms in total. The number of anilines is 1. The van der Waals surface area contributed by atoms with Crippen LogP contribution in [0.4, 0.5) is 5.69 Å². The van der Waals surface area contributed by atoms with Crippen molar-refractivity contribution in [3.8, 4) is 0 Å². The number of hydrogen-bond acceptors (Lipinski definition) is 4. The Balaban J connectivity index is 1.78. The average Bonchev–Trinajstić information content (AvgIpc) is 3.16. The maximum atomic E-state index is 12.9. The molecule has 1 aromatic heterocycles. The molecule has 0 atom stereocenters. The molecule has 1 aliphatic rings. The number of amides is 1. The predicted molar refractivity (Wildman–Crippen MR) is 106 cm³/mol. The highest BCUT2D eigenvalue weighted by atomic mass is 32.2. The monoisotopic (exact) mass is 390 g/mol. The second kappa shape index (κ2) is 8.16. The zero-order valence-corrected chi connectivity index (χ0v) is 16.3. The van der Waals surface area contributed by atoms with Gasteiger partial charge < -0.3 is 5.32 Å². The Morgan fingerprint density at radius 1 is 1.19 bits per heavy atom. The number of hydrogen-bond donors (Lipinski definition) is 1. The summed E-state index contributed by atoms with van der Waals surface area (Å²) in [5, 5.41) is 4.68. The third-order valence-corrected chi connectivity index (χ3v) is 7.21. The van der Waals surface area contributed by atoms with Crippen LogP contribution in [0.15, 0.2) is 46.7 Å². The molecule has 1 aliphatic heterocycles. The van der Waals surface area contributed by atoms with Crippen molar-refractivity contribution in [2.45, 2.75) is 31.1 Å². The van der Waals surface area contributed by atoms with E-state index >= 15 is 0 Å². The Kier molecular flexibility index (Phi) is 5.90. The number of carbonyl (C=O) groups is 1. The Hall–Kier alpha value is -1.96. The summed E-state index contributed by atoms with van der Waals surface area (Å²) in [5.74, 6) is -0.288. The van der Waals surface area contributed by atoms with E-state index in [2.05, 4.69) is 5.32 Å². The van der Waals surface area contributed by atoms with E-state index in [1.54, 1.807) is 46.8 Å². The molecule has 0 saturated carbocycles. The summed E-state index contributed by atoms with van der Waals surface area (Å²) < 4.78 is 27.4. The fourth-order valence-corrected chi connectivity index (χ4v) is 5.31. The SMILES string of the molecule is Cc1ccc(NC(=O)/C=C\c2cccs2)cc1S(=O)(=O)N1CCCCC1. The van der Waals surface area contributed by atoms with Crippen molar-refractivity contribution in [3.05, 3.63) is 52.2 Å². The van der Waals surface area contributed by atoms with Gasteiger partial charge in [0.25, 0.3) is 0 Å². The average molecular weight is 391 g/mol. The molecule has 2 heterocycles. The highest BCUT2D eigenvalue weighted by Gasteiger charge is 2.27. The van der Waals surface area contributed by atoms with Crippen molar-refractivity contribution in [1.82, 2.24) is 4.31 Å². The summed E-state index contributed by atoms with van der Waals surface area (Å²) in [5.41, 5.74) is 1.16. The molecule has 1 saturated heterocycles. The first-order valence-corrected chi connectivity index (χ1v) is 10.9. The second-order valence-corrected chi connectivity index (χ2v) is 9.17. The van der Waals surface area contributed by atoms with Crippen LogP contribution in [-0.4, -0.2) is 31.7 Å². The Morgan fingerprint density at radius 3 is 2.65 bits per heavy atom. The molecule has 138 valence electrons. The van der Waals surface area contributed by atoms with Crippen LogP contribution in [0.2, 0.25) is 0 Å². The van der Waals surface area contributed by atoms with E-state index in [1.165, 1.54) is 6.08 Å². The van der Waals surface area contributed by atoms with E-state index in [1.807, 2.05) is 17.5 Å². The summed E-state index contributed by atoms with van der Waals surface area (Å²) in [7, 11) is -3.53. The Labute approximate surface area is 158 Å². The number of carbonyl (C=O) groups excluding carboxylic acids is 1. The summed E-state index contributed by atoms with van der Waals surface area (Å²) in [6.07, 6.45) is 6.03. The molecule has 0 radical (unpaired) electrons. The molecule has 0 aliphatic carbocycles. The van der Waals surface area contributed by atoms with Crippen LogP contribution in [0.3, 0.4) is 0 Å². The number of thiophene rings is 1. The van der Waals surface area contributed by atoms with Crippen LogP contribution in [0.1, 0.15) is 29.7 Å². The Bertz CT molecular complexity index is 897. The molecular formula is C19H22N2O3S2. The zero-order chi connectivity index (χ0) is 18.6. The number of benzene rings is 1. The fraction of sp³-hybridized carbons (Fsp3) is 0.316. The number of rotatable bonds is 5. The van der Waals surface area contributed by atoms with Crippen molar-refractivity contribution in [1.29, 1.82) is 0 Å². The van der Waals surface area contributed by atoms with Gasteiger partial charge in [-0.25, -0.2) is 8.42 Å². The third-order valence-electron chi connectivity index (χ3n) is 4.33. The smallest absolute Gasteiger partial charge is 0.248 e. The molecular weight excluding hydrogens is 368 g/mol. The van der Waals surface area contributed by atoms with E-state index in [4.69, 9.17) is 0 Å². The normalized spacial score (nSPS) is 16.0. The second-order valence-electron chi connectivity index (χ2n) is 6.28. The summed E-state index contributed by atoms with van der Waals surface area (Å²) in [6.45, 7) is 2.89. The van der Waals surface area contributed by atoms with Gasteiger partial charge in [0.2, 0.25) is 15.9 Å². The van der Waals surface area contributed by atoms with Crippen LogP contribution < -0.4 is 5.32 Å². The first-order chi connectivity index (χ1) is 12.5. The molecule has 1 N–H and O–H groups in total. The van der Waals surface area contributed by atoms with Gasteiger partial charge >= 0.3 is 0 Å². The first kappa shape index (κ1) is 18.8. The number of nitrogens with one attached hydrogen (secondary N) is 1. The molecule has 7 heteroatoms. The van der Waals surface area contributed by atoms with Gasteiger partial charge in [0, 0.05) is 29.7 Å². The van der Waals surface area contributed by atoms with Crippen molar-refractivity contribution >= 4 is 39.0 Å². The lowest BCUT2D eigenvalue weighted by Crippen LogP contribution is -2.36. The van der Waals surface area contributed by atoms with E-state index < -0.39 is 10.0 Å². The van der Waals surface area contributed by atoms with Crippen molar-refractivity contribution in [3.63, 3.8) is 0 Å². The van der Waals surface area contributed by atoms with Crippen molar-refractivity contribution in [2.24, 2.45) is 0 Å². The van der Waals surface area contributed by atoms with E-state index in [-0.39, 0.29) is 10.8 Å². The number of aryl methyl sites for hydroxylation is 1. The van der Waals surface area contributed by atoms with Gasteiger partial charge in [0.05, 0.1) is 4.90 Å². The molecule has 1 fully saturated rings. The maximum Gasteiger partial charge on any atom is 0.248 e. The Morgan fingerprint density at radius 2 is 1.96 bits per heavy atom. The third kappa shape index (κ3) is 4.41. The van der Waals surface area contributed by atoms with Gasteiger partial charge in [0.1, 0.15) is 0 Å². The summed E-state index contributed by atoms with van der Waals surface area (Å²) in [6, 6.07) is 8.84. The van der Waals surface area contributed by atoms with Crippen LogP contribution >= 0.6 is 11.3 Å². The standard InChI is InChI=1S/C19H22N2O3S2/c1-15-7-8-16(20-19(22)10-9-17-6-5-13-25-17)14-18(15)26(23,24)21-11-3-2-4-12-21/h5-10,13-14H,2-4,11-12H2,1H3,(H,20,22)/b10-9-. The van der Waals surface area contributed by atoms with Gasteiger partial charge in [-0.05, 0) is 55.0 Å². The lowest BCUT2D eigenvalue weighted by molar-refractivity contribution is -0.111. The largest absolute Gasteiger partial charge is 0.322 e. The molecule has 1 aromatic carbocycles. The highest BCUT2D eigenvalue weighted by molar-refractivity contribution is 7.89. The summed E-state index contributed by atoms with van der Waals surface area (Å²) >= 11 is 1.54. The van der Waals surface area contributed by atoms with Crippen LogP contribution in [0.5, 0.6) is 0 Å². The van der Waals surface area contributed by atoms with Gasteiger partial charge in [-0.3, -0.25) is 4.79 Å². The van der Waals surface area contributed by atoms with Crippen LogP contribution in [-0.2, 0) is 14.8 Å². The summed E-state index contributed by atoms with van der Waals surface area (Å²) in [4.78, 5) is 13.3. The molecule has 0 bridgehead atoms. The van der Waals surface area contributed by atoms with Gasteiger partial charge in [-0.15, -0.1) is 11.3 Å². The maximum absolute atomic E-state index is 12.9. The highest BCUT2D eigenvalue weighted by Crippen LogP contribution is 2.26. The predicted octanol–water partition coefficient (Wildman–Crippen LogP) is 3.88. The van der Waals surface area contributed by atoms with Gasteiger partial charge in [0.15, 0.2) is 0 Å². The molecule has 0 spiro atoms. The van der Waals surface area contributed by atoms with Crippen LogP contribution in [0.25, 0.3) is 6.08 Å². The molecule has 3 rings (SSSR count). The van der Waals surface area contributed by atoms with Crippen molar-refractivity contribution < 1.29 is 13.2 Å². The van der Waals surface area contributed by atoms with E-state index in [0.717, 1.165) is 24.1 Å². The zero-order valence-electron chi connectivity index (χ0n) is 14.6. The van der Waals surface area contributed by atoms with E-state index in [9.17, 15) is 13.2 Å². The minimum Gasteiger partial charge on any atom is -0.322 e. The topological polar surface area (TPSA) is 66.5 Å². The van der Waals surface area contributed by atoms with Gasteiger partial charge in [-0.2, -0.15) is 4.31 Å². The number of piperidine rings is 1. The molecule has 1 amide bonds. The lowest BCUT2D eigenvalue weighted by atomic mass is 10.2. The minimum atomic E-state index is -3.53. The fourth-order valence-electron chi connectivity index (χ4n) is 2.93. The lowest BCUT2D eigenvalue weighted by Gasteiger charge is -2.26. The van der Waals surface area contributed by atoms with Crippen LogP contribution in [0, 0.1) is 6.92 Å².